The van der Waals surface area contributed by atoms with E-state index in [1.165, 1.54) is 22.6 Å². The Balaban J connectivity index is 1.90. The maximum absolute atomic E-state index is 12.7. The zero-order chi connectivity index (χ0) is 18.0. The van der Waals surface area contributed by atoms with Crippen molar-refractivity contribution in [2.45, 2.75) is 21.6 Å². The number of anilines is 1. The molecule has 1 N–H and O–H groups in total. The lowest BCUT2D eigenvalue weighted by molar-refractivity contribution is 0.600. The van der Waals surface area contributed by atoms with Crippen LogP contribution in [-0.2, 0) is 17.1 Å². The molecule has 3 rings (SSSR count). The molecule has 0 spiro atoms. The third kappa shape index (κ3) is 4.00. The number of hydrogen-bond donors (Lipinski definition) is 1. The second-order valence-corrected chi connectivity index (χ2v) is 8.58. The van der Waals surface area contributed by atoms with Crippen LogP contribution in [0.5, 0.6) is 0 Å². The molecule has 0 radical (unpaired) electrons. The molecule has 0 aliphatic heterocycles. The standard InChI is InChI=1S/C17H16ClN3O2S2/c1-12-17(11-19-21(12)2)25(22,23)20-15-5-3-4-6-16(15)24-14-9-7-13(18)8-10-14/h3-11,20H,1-2H3. The van der Waals surface area contributed by atoms with Gasteiger partial charge in [0.15, 0.2) is 0 Å². The number of hydrogen-bond acceptors (Lipinski definition) is 4. The minimum Gasteiger partial charge on any atom is -0.278 e. The molecule has 3 aromatic rings. The largest absolute Gasteiger partial charge is 0.278 e. The lowest BCUT2D eigenvalue weighted by Crippen LogP contribution is -2.14. The molecule has 0 aliphatic carbocycles. The summed E-state index contributed by atoms with van der Waals surface area (Å²) in [7, 11) is -2.01. The molecule has 0 unspecified atom stereocenters. The van der Waals surface area contributed by atoms with Gasteiger partial charge in [-0.05, 0) is 43.3 Å². The number of para-hydroxylation sites is 1. The summed E-state index contributed by atoms with van der Waals surface area (Å²) in [5.74, 6) is 0. The van der Waals surface area contributed by atoms with E-state index in [-0.39, 0.29) is 4.90 Å². The maximum atomic E-state index is 12.7. The summed E-state index contributed by atoms with van der Waals surface area (Å²) < 4.78 is 29.6. The topological polar surface area (TPSA) is 64.0 Å². The van der Waals surface area contributed by atoms with Gasteiger partial charge in [-0.15, -0.1) is 0 Å². The molecular formula is C17H16ClN3O2S2. The first-order chi connectivity index (χ1) is 11.9. The molecule has 25 heavy (non-hydrogen) atoms. The van der Waals surface area contributed by atoms with Gasteiger partial charge in [0, 0.05) is 21.9 Å². The Morgan fingerprint density at radius 1 is 1.12 bits per heavy atom. The van der Waals surface area contributed by atoms with E-state index in [1.807, 2.05) is 24.3 Å². The summed E-state index contributed by atoms with van der Waals surface area (Å²) in [6, 6.07) is 14.7. The average molecular weight is 394 g/mol. The fraction of sp³-hybridized carbons (Fsp3) is 0.118. The van der Waals surface area contributed by atoms with Crippen molar-refractivity contribution < 1.29 is 8.42 Å². The highest BCUT2D eigenvalue weighted by Crippen LogP contribution is 2.35. The van der Waals surface area contributed by atoms with E-state index in [2.05, 4.69) is 9.82 Å². The van der Waals surface area contributed by atoms with E-state index in [9.17, 15) is 8.42 Å². The van der Waals surface area contributed by atoms with Gasteiger partial charge in [-0.3, -0.25) is 9.40 Å². The van der Waals surface area contributed by atoms with Crippen molar-refractivity contribution in [2.24, 2.45) is 7.05 Å². The Labute approximate surface area is 156 Å². The van der Waals surface area contributed by atoms with Crippen LogP contribution in [0.2, 0.25) is 5.02 Å². The van der Waals surface area contributed by atoms with E-state index in [1.54, 1.807) is 38.2 Å². The molecule has 130 valence electrons. The Morgan fingerprint density at radius 3 is 2.44 bits per heavy atom. The van der Waals surface area contributed by atoms with Gasteiger partial charge in [-0.25, -0.2) is 8.42 Å². The highest BCUT2D eigenvalue weighted by Gasteiger charge is 2.21. The van der Waals surface area contributed by atoms with E-state index in [0.717, 1.165) is 9.79 Å². The molecule has 0 atom stereocenters. The molecule has 0 aliphatic rings. The van der Waals surface area contributed by atoms with Gasteiger partial charge < -0.3 is 0 Å². The number of benzene rings is 2. The zero-order valence-electron chi connectivity index (χ0n) is 13.6. The van der Waals surface area contributed by atoms with Crippen molar-refractivity contribution >= 4 is 39.1 Å². The third-order valence-corrected chi connectivity index (χ3v) is 6.46. The van der Waals surface area contributed by atoms with Crippen molar-refractivity contribution in [3.63, 3.8) is 0 Å². The van der Waals surface area contributed by atoms with Crippen LogP contribution < -0.4 is 4.72 Å². The van der Waals surface area contributed by atoms with E-state index in [4.69, 9.17) is 11.6 Å². The number of rotatable bonds is 5. The Kier molecular flexibility index (Phi) is 5.08. The van der Waals surface area contributed by atoms with Crippen LogP contribution in [0.25, 0.3) is 0 Å². The smallest absolute Gasteiger partial charge is 0.265 e. The number of aryl methyl sites for hydroxylation is 1. The second kappa shape index (κ2) is 7.11. The van der Waals surface area contributed by atoms with Crippen molar-refractivity contribution in [3.05, 3.63) is 65.4 Å². The summed E-state index contributed by atoms with van der Waals surface area (Å²) in [5.41, 5.74) is 1.10. The molecule has 5 nitrogen and oxygen atoms in total. The Bertz CT molecular complexity index is 999. The molecule has 2 aromatic carbocycles. The Morgan fingerprint density at radius 2 is 1.80 bits per heavy atom. The summed E-state index contributed by atoms with van der Waals surface area (Å²) in [4.78, 5) is 1.94. The molecule has 0 saturated carbocycles. The van der Waals surface area contributed by atoms with Gasteiger partial charge in [-0.2, -0.15) is 5.10 Å². The molecule has 0 bridgehead atoms. The van der Waals surface area contributed by atoms with E-state index < -0.39 is 10.0 Å². The number of nitrogens with one attached hydrogen (secondary N) is 1. The fourth-order valence-corrected chi connectivity index (χ4v) is 4.59. The highest BCUT2D eigenvalue weighted by molar-refractivity contribution is 7.99. The lowest BCUT2D eigenvalue weighted by atomic mass is 10.3. The SMILES string of the molecule is Cc1c(S(=O)(=O)Nc2ccccc2Sc2ccc(Cl)cc2)cnn1C. The van der Waals surface area contributed by atoms with Gasteiger partial charge in [0.2, 0.25) is 0 Å². The first-order valence-electron chi connectivity index (χ1n) is 7.41. The van der Waals surface area contributed by atoms with Gasteiger partial charge >= 0.3 is 0 Å². The van der Waals surface area contributed by atoms with Crippen LogP contribution in [0, 0.1) is 6.92 Å². The number of sulfonamides is 1. The lowest BCUT2D eigenvalue weighted by Gasteiger charge is -2.12. The molecule has 1 aromatic heterocycles. The molecule has 8 heteroatoms. The minimum absolute atomic E-state index is 0.168. The van der Waals surface area contributed by atoms with Crippen LogP contribution in [-0.4, -0.2) is 18.2 Å². The predicted molar refractivity (Wildman–Crippen MR) is 101 cm³/mol. The third-order valence-electron chi connectivity index (χ3n) is 3.65. The fourth-order valence-electron chi connectivity index (χ4n) is 2.21. The number of aromatic nitrogens is 2. The van der Waals surface area contributed by atoms with Gasteiger partial charge in [0.1, 0.15) is 4.90 Å². The van der Waals surface area contributed by atoms with Gasteiger partial charge in [0.25, 0.3) is 10.0 Å². The van der Waals surface area contributed by atoms with Crippen molar-refractivity contribution in [1.82, 2.24) is 9.78 Å². The van der Waals surface area contributed by atoms with E-state index in [0.29, 0.717) is 16.4 Å². The monoisotopic (exact) mass is 393 g/mol. The maximum Gasteiger partial charge on any atom is 0.265 e. The van der Waals surface area contributed by atoms with Crippen LogP contribution in [0.3, 0.4) is 0 Å². The van der Waals surface area contributed by atoms with Crippen molar-refractivity contribution in [2.75, 3.05) is 4.72 Å². The number of nitrogens with zero attached hydrogens (tertiary/aromatic N) is 2. The molecule has 0 saturated heterocycles. The summed E-state index contributed by atoms with van der Waals surface area (Å²) in [5, 5.41) is 4.66. The summed E-state index contributed by atoms with van der Waals surface area (Å²) >= 11 is 7.37. The molecule has 1 heterocycles. The molecule has 0 fully saturated rings. The van der Waals surface area contributed by atoms with Crippen LogP contribution >= 0.6 is 23.4 Å². The first kappa shape index (κ1) is 17.8. The predicted octanol–water partition coefficient (Wildman–Crippen LogP) is 4.33. The summed E-state index contributed by atoms with van der Waals surface area (Å²) in [6.45, 7) is 1.72. The highest BCUT2D eigenvalue weighted by atomic mass is 35.5. The van der Waals surface area contributed by atoms with Gasteiger partial charge in [-0.1, -0.05) is 35.5 Å². The average Bonchev–Trinajstić information content (AvgIpc) is 2.91. The van der Waals surface area contributed by atoms with Crippen molar-refractivity contribution in [1.29, 1.82) is 0 Å². The minimum atomic E-state index is -3.71. The quantitative estimate of drug-likeness (QED) is 0.700. The first-order valence-corrected chi connectivity index (χ1v) is 10.1. The molecular weight excluding hydrogens is 378 g/mol. The van der Waals surface area contributed by atoms with Crippen LogP contribution in [0.15, 0.2) is 69.4 Å². The summed E-state index contributed by atoms with van der Waals surface area (Å²) in [6.07, 6.45) is 1.35. The second-order valence-electron chi connectivity index (χ2n) is 5.38. The normalized spacial score (nSPS) is 11.5. The molecule has 0 amide bonds. The van der Waals surface area contributed by atoms with Gasteiger partial charge in [0.05, 0.1) is 17.6 Å². The number of halogens is 1. The zero-order valence-corrected chi connectivity index (χ0v) is 16.0. The van der Waals surface area contributed by atoms with Crippen LogP contribution in [0.1, 0.15) is 5.69 Å². The van der Waals surface area contributed by atoms with Crippen LogP contribution in [0.4, 0.5) is 5.69 Å². The van der Waals surface area contributed by atoms with E-state index >= 15 is 0 Å². The van der Waals surface area contributed by atoms with Crippen molar-refractivity contribution in [3.8, 4) is 0 Å². The Hall–Kier alpha value is -1.96.